The van der Waals surface area contributed by atoms with Crippen molar-refractivity contribution in [2.75, 3.05) is 5.32 Å². The average Bonchev–Trinajstić information content (AvgIpc) is 2.93. The van der Waals surface area contributed by atoms with Gasteiger partial charge >= 0.3 is 0 Å². The first-order chi connectivity index (χ1) is 10.3. The predicted molar refractivity (Wildman–Crippen MR) is 86.6 cm³/mol. The summed E-state index contributed by atoms with van der Waals surface area (Å²) in [5, 5.41) is 12.6. The van der Waals surface area contributed by atoms with Crippen molar-refractivity contribution in [3.05, 3.63) is 82.6 Å². The molecule has 0 bridgehead atoms. The number of aryl methyl sites for hydroxylation is 1. The average molecular weight is 272 g/mol. The number of nitrogens with zero attached hydrogens (tertiary/aromatic N) is 1. The lowest BCUT2D eigenvalue weighted by atomic mass is 10.1. The van der Waals surface area contributed by atoms with Crippen LogP contribution in [0.15, 0.2) is 65.9 Å². The minimum absolute atomic E-state index is 0.687. The second-order valence-corrected chi connectivity index (χ2v) is 5.23. The molecule has 0 aromatic heterocycles. The van der Waals surface area contributed by atoms with Crippen LogP contribution >= 0.6 is 0 Å². The van der Waals surface area contributed by atoms with Gasteiger partial charge in [0.05, 0.1) is 5.57 Å². The van der Waals surface area contributed by atoms with Gasteiger partial charge < -0.3 is 5.32 Å². The molecule has 0 atom stereocenters. The number of hydrogen-bond acceptors (Lipinski definition) is 2. The maximum atomic E-state index is 9.39. The molecule has 1 aliphatic carbocycles. The van der Waals surface area contributed by atoms with Crippen molar-refractivity contribution < 1.29 is 0 Å². The fourth-order valence-corrected chi connectivity index (χ4v) is 2.45. The molecular weight excluding hydrogens is 256 g/mol. The van der Waals surface area contributed by atoms with E-state index in [1.807, 2.05) is 36.4 Å². The Morgan fingerprint density at radius 2 is 1.90 bits per heavy atom. The highest BCUT2D eigenvalue weighted by atomic mass is 14.8. The summed E-state index contributed by atoms with van der Waals surface area (Å²) < 4.78 is 0. The molecule has 0 fully saturated rings. The molecule has 0 amide bonds. The Bertz CT molecular complexity index is 759. The molecule has 2 heteroatoms. The van der Waals surface area contributed by atoms with Crippen molar-refractivity contribution in [3.8, 4) is 6.07 Å². The summed E-state index contributed by atoms with van der Waals surface area (Å²) in [5.74, 6) is 0. The Labute approximate surface area is 125 Å². The number of fused-ring (bicyclic) bond motifs is 1. The molecular formula is C19H16N2. The van der Waals surface area contributed by atoms with Crippen LogP contribution in [0.4, 0.5) is 5.69 Å². The number of nitrogens with one attached hydrogen (secondary N) is 1. The molecule has 3 rings (SSSR count). The third-order valence-electron chi connectivity index (χ3n) is 3.67. The highest BCUT2D eigenvalue weighted by molar-refractivity contribution is 5.70. The van der Waals surface area contributed by atoms with E-state index in [9.17, 15) is 5.26 Å². The molecule has 0 spiro atoms. The van der Waals surface area contributed by atoms with Gasteiger partial charge in [-0.2, -0.15) is 5.26 Å². The molecule has 2 aromatic carbocycles. The number of anilines is 1. The Morgan fingerprint density at radius 1 is 1.14 bits per heavy atom. The standard InChI is InChI=1S/C19H16N2/c1-14-6-8-19(9-7-14)21-13-18(12-20)17-10-15-4-2-3-5-16(15)11-17/h2-10,13,21H,11H2,1H3. The first kappa shape index (κ1) is 13.2. The normalized spacial score (nSPS) is 13.3. The summed E-state index contributed by atoms with van der Waals surface area (Å²) in [6.45, 7) is 2.06. The molecule has 0 saturated carbocycles. The number of allylic oxidation sites excluding steroid dienone is 2. The lowest BCUT2D eigenvalue weighted by molar-refractivity contribution is 1.21. The summed E-state index contributed by atoms with van der Waals surface area (Å²) in [7, 11) is 0. The van der Waals surface area contributed by atoms with E-state index in [-0.39, 0.29) is 0 Å². The Morgan fingerprint density at radius 3 is 2.62 bits per heavy atom. The van der Waals surface area contributed by atoms with E-state index in [1.165, 1.54) is 16.7 Å². The zero-order valence-corrected chi connectivity index (χ0v) is 11.9. The van der Waals surface area contributed by atoms with Crippen LogP contribution in [-0.4, -0.2) is 0 Å². The maximum Gasteiger partial charge on any atom is 0.101 e. The quantitative estimate of drug-likeness (QED) is 0.838. The molecule has 0 unspecified atom stereocenters. The molecule has 1 aliphatic rings. The topological polar surface area (TPSA) is 35.8 Å². The van der Waals surface area contributed by atoms with Gasteiger partial charge in [-0.1, -0.05) is 42.0 Å². The minimum Gasteiger partial charge on any atom is -0.360 e. The van der Waals surface area contributed by atoms with Gasteiger partial charge in [0.15, 0.2) is 0 Å². The van der Waals surface area contributed by atoms with E-state index in [0.717, 1.165) is 17.7 Å². The molecule has 0 aliphatic heterocycles. The lowest BCUT2D eigenvalue weighted by Gasteiger charge is -2.04. The van der Waals surface area contributed by atoms with Gasteiger partial charge in [-0.15, -0.1) is 0 Å². The summed E-state index contributed by atoms with van der Waals surface area (Å²) in [5.41, 5.74) is 6.46. The van der Waals surface area contributed by atoms with Gasteiger partial charge in [-0.3, -0.25) is 0 Å². The lowest BCUT2D eigenvalue weighted by Crippen LogP contribution is -1.94. The van der Waals surface area contributed by atoms with Crippen molar-refractivity contribution in [2.24, 2.45) is 0 Å². The van der Waals surface area contributed by atoms with Crippen molar-refractivity contribution in [1.82, 2.24) is 0 Å². The van der Waals surface area contributed by atoms with Crippen LogP contribution in [0.5, 0.6) is 0 Å². The third-order valence-corrected chi connectivity index (χ3v) is 3.67. The summed E-state index contributed by atoms with van der Waals surface area (Å²) in [6, 6.07) is 18.7. The SMILES string of the molecule is Cc1ccc(NC=C(C#N)C2=Cc3ccccc3C2)cc1. The highest BCUT2D eigenvalue weighted by Crippen LogP contribution is 2.28. The molecule has 1 N–H and O–H groups in total. The molecule has 102 valence electrons. The molecule has 0 radical (unpaired) electrons. The highest BCUT2D eigenvalue weighted by Gasteiger charge is 2.14. The van der Waals surface area contributed by atoms with Crippen molar-refractivity contribution in [1.29, 1.82) is 5.26 Å². The summed E-state index contributed by atoms with van der Waals surface area (Å²) in [4.78, 5) is 0. The molecule has 2 nitrogen and oxygen atoms in total. The van der Waals surface area contributed by atoms with Crippen LogP contribution in [-0.2, 0) is 6.42 Å². The van der Waals surface area contributed by atoms with E-state index >= 15 is 0 Å². The van der Waals surface area contributed by atoms with Crippen molar-refractivity contribution in [2.45, 2.75) is 13.3 Å². The first-order valence-electron chi connectivity index (χ1n) is 6.98. The van der Waals surface area contributed by atoms with E-state index < -0.39 is 0 Å². The molecule has 21 heavy (non-hydrogen) atoms. The van der Waals surface area contributed by atoms with E-state index in [4.69, 9.17) is 0 Å². The molecule has 2 aromatic rings. The van der Waals surface area contributed by atoms with E-state index in [1.54, 1.807) is 6.20 Å². The second kappa shape index (κ2) is 5.68. The van der Waals surface area contributed by atoms with Gasteiger partial charge in [0, 0.05) is 11.9 Å². The zero-order chi connectivity index (χ0) is 14.7. The van der Waals surface area contributed by atoms with E-state index in [0.29, 0.717) is 5.57 Å². The third kappa shape index (κ3) is 2.88. The van der Waals surface area contributed by atoms with Crippen LogP contribution in [0.3, 0.4) is 0 Å². The number of hydrogen-bond donors (Lipinski definition) is 1. The van der Waals surface area contributed by atoms with Crippen LogP contribution in [0, 0.1) is 18.3 Å². The molecule has 0 heterocycles. The summed E-state index contributed by atoms with van der Waals surface area (Å²) in [6.07, 6.45) is 4.72. The first-order valence-corrected chi connectivity index (χ1v) is 6.98. The number of rotatable bonds is 3. The van der Waals surface area contributed by atoms with Crippen LogP contribution in [0.2, 0.25) is 0 Å². The molecule has 0 saturated heterocycles. The summed E-state index contributed by atoms with van der Waals surface area (Å²) >= 11 is 0. The minimum atomic E-state index is 0.687. The van der Waals surface area contributed by atoms with Gasteiger partial charge in [0.2, 0.25) is 0 Å². The van der Waals surface area contributed by atoms with Gasteiger partial charge in [0.1, 0.15) is 6.07 Å². The maximum absolute atomic E-state index is 9.39. The fraction of sp³-hybridized carbons (Fsp3) is 0.105. The van der Waals surface area contributed by atoms with Gasteiger partial charge in [-0.25, -0.2) is 0 Å². The monoisotopic (exact) mass is 272 g/mol. The fourth-order valence-electron chi connectivity index (χ4n) is 2.45. The number of nitriles is 1. The Balaban J connectivity index is 1.79. The van der Waals surface area contributed by atoms with Gasteiger partial charge in [-0.05, 0) is 48.3 Å². The van der Waals surface area contributed by atoms with E-state index in [2.05, 4.69) is 36.5 Å². The number of benzene rings is 2. The zero-order valence-electron chi connectivity index (χ0n) is 11.9. The van der Waals surface area contributed by atoms with Crippen molar-refractivity contribution >= 4 is 11.8 Å². The Hall–Kier alpha value is -2.79. The largest absolute Gasteiger partial charge is 0.360 e. The predicted octanol–water partition coefficient (Wildman–Crippen LogP) is 4.45. The van der Waals surface area contributed by atoms with Crippen molar-refractivity contribution in [3.63, 3.8) is 0 Å². The van der Waals surface area contributed by atoms with Crippen LogP contribution in [0.1, 0.15) is 16.7 Å². The Kier molecular flexibility index (Phi) is 3.57. The van der Waals surface area contributed by atoms with Crippen LogP contribution < -0.4 is 5.32 Å². The van der Waals surface area contributed by atoms with Gasteiger partial charge in [0.25, 0.3) is 0 Å². The smallest absolute Gasteiger partial charge is 0.101 e. The van der Waals surface area contributed by atoms with Crippen LogP contribution in [0.25, 0.3) is 6.08 Å². The second-order valence-electron chi connectivity index (χ2n) is 5.23.